The normalized spacial score (nSPS) is 8.40. The largest absolute Gasteiger partial charge is 0.508 e. The fourth-order valence-corrected chi connectivity index (χ4v) is 0.836. The molecule has 0 saturated carbocycles. The fraction of sp³-hybridized carbons (Fsp3) is 0.538. The van der Waals surface area contributed by atoms with Gasteiger partial charge >= 0.3 is 0 Å². The Morgan fingerprint density at radius 3 is 1.73 bits per heavy atom. The van der Waals surface area contributed by atoms with Gasteiger partial charge in [-0.1, -0.05) is 45.9 Å². The summed E-state index contributed by atoms with van der Waals surface area (Å²) in [6.07, 6.45) is 0. The third-order valence-electron chi connectivity index (χ3n) is 1.37. The van der Waals surface area contributed by atoms with Gasteiger partial charge in [-0.05, 0) is 31.6 Å². The van der Waals surface area contributed by atoms with Crippen molar-refractivity contribution in [3.8, 4) is 5.75 Å². The molecule has 0 radical (unpaired) electrons. The smallest absolute Gasteiger partial charge is 0.115 e. The number of rotatable bonds is 2. The Morgan fingerprint density at radius 2 is 1.60 bits per heavy atom. The van der Waals surface area contributed by atoms with E-state index in [9.17, 15) is 0 Å². The summed E-state index contributed by atoms with van der Waals surface area (Å²) in [5, 5.41) is 11.7. The van der Waals surface area contributed by atoms with E-state index in [1.54, 1.807) is 24.3 Å². The average molecular weight is 211 g/mol. The molecule has 2 N–H and O–H groups in total. The Morgan fingerprint density at radius 1 is 1.13 bits per heavy atom. The van der Waals surface area contributed by atoms with Gasteiger partial charge in [0.1, 0.15) is 5.75 Å². The predicted molar refractivity (Wildman–Crippen MR) is 68.2 cm³/mol. The molecule has 1 rings (SSSR count). The predicted octanol–water partition coefficient (Wildman–Crippen LogP) is 3.28. The van der Waals surface area contributed by atoms with Gasteiger partial charge in [-0.25, -0.2) is 0 Å². The summed E-state index contributed by atoms with van der Waals surface area (Å²) in [5.41, 5.74) is 0. The minimum Gasteiger partial charge on any atom is -0.508 e. The van der Waals surface area contributed by atoms with E-state index in [-0.39, 0.29) is 0 Å². The lowest BCUT2D eigenvalue weighted by Gasteiger charge is -1.98. The molecular weight excluding hydrogens is 186 g/mol. The lowest BCUT2D eigenvalue weighted by Crippen LogP contribution is -2.12. The van der Waals surface area contributed by atoms with Gasteiger partial charge in [-0.15, -0.1) is 0 Å². The molecule has 0 aliphatic carbocycles. The van der Waals surface area contributed by atoms with Crippen molar-refractivity contribution in [2.75, 3.05) is 13.6 Å². The molecule has 0 spiro atoms. The van der Waals surface area contributed by atoms with Crippen molar-refractivity contribution in [1.82, 2.24) is 5.32 Å². The van der Waals surface area contributed by atoms with E-state index in [1.165, 1.54) is 0 Å². The van der Waals surface area contributed by atoms with E-state index < -0.39 is 0 Å². The number of phenolic OH excluding ortho intramolecular Hbond substituents is 1. The van der Waals surface area contributed by atoms with Gasteiger partial charge in [0.05, 0.1) is 0 Å². The van der Waals surface area contributed by atoms with Crippen molar-refractivity contribution in [1.29, 1.82) is 0 Å². The van der Waals surface area contributed by atoms with Crippen LogP contribution in [-0.4, -0.2) is 18.7 Å². The van der Waals surface area contributed by atoms with E-state index in [0.717, 1.165) is 12.5 Å². The summed E-state index contributed by atoms with van der Waals surface area (Å²) in [6, 6.07) is 8.71. The second-order valence-electron chi connectivity index (χ2n) is 3.29. The molecule has 0 aliphatic heterocycles. The molecule has 1 aromatic carbocycles. The molecule has 0 aliphatic rings. The number of para-hydroxylation sites is 1. The maximum absolute atomic E-state index is 8.63. The molecule has 1 aromatic rings. The molecule has 2 nitrogen and oxygen atoms in total. The summed E-state index contributed by atoms with van der Waals surface area (Å²) < 4.78 is 0. The summed E-state index contributed by atoms with van der Waals surface area (Å²) in [4.78, 5) is 0. The van der Waals surface area contributed by atoms with E-state index in [0.29, 0.717) is 5.75 Å². The highest BCUT2D eigenvalue weighted by Crippen LogP contribution is 2.02. The number of nitrogens with one attached hydrogen (secondary N) is 1. The van der Waals surface area contributed by atoms with Crippen molar-refractivity contribution < 1.29 is 5.11 Å². The number of phenols is 1. The van der Waals surface area contributed by atoms with Gasteiger partial charge in [0.25, 0.3) is 0 Å². The molecular formula is C13H25NO. The number of aromatic hydroxyl groups is 1. The Labute approximate surface area is 94.3 Å². The van der Waals surface area contributed by atoms with Gasteiger partial charge in [0.2, 0.25) is 0 Å². The molecule has 0 aromatic heterocycles. The molecule has 0 saturated heterocycles. The highest BCUT2D eigenvalue weighted by molar-refractivity contribution is 5.18. The number of benzene rings is 1. The van der Waals surface area contributed by atoms with Gasteiger partial charge in [-0.2, -0.15) is 0 Å². The van der Waals surface area contributed by atoms with E-state index in [4.69, 9.17) is 5.11 Å². The molecule has 15 heavy (non-hydrogen) atoms. The van der Waals surface area contributed by atoms with Crippen LogP contribution in [0.15, 0.2) is 30.3 Å². The van der Waals surface area contributed by atoms with Crippen molar-refractivity contribution in [2.45, 2.75) is 27.7 Å². The van der Waals surface area contributed by atoms with Crippen molar-refractivity contribution in [2.24, 2.45) is 5.92 Å². The maximum atomic E-state index is 8.63. The molecule has 0 bridgehead atoms. The topological polar surface area (TPSA) is 32.3 Å². The van der Waals surface area contributed by atoms with Crippen LogP contribution in [0.25, 0.3) is 0 Å². The minimum atomic E-state index is 0.322. The van der Waals surface area contributed by atoms with Gasteiger partial charge < -0.3 is 10.4 Å². The minimum absolute atomic E-state index is 0.322. The highest BCUT2D eigenvalue weighted by Gasteiger charge is 1.84. The Balaban J connectivity index is 0. The zero-order chi connectivity index (χ0) is 12.1. The third-order valence-corrected chi connectivity index (χ3v) is 1.37. The first-order valence-corrected chi connectivity index (χ1v) is 5.55. The van der Waals surface area contributed by atoms with E-state index >= 15 is 0 Å². The lowest BCUT2D eigenvalue weighted by molar-refractivity contribution is 0.475. The van der Waals surface area contributed by atoms with Crippen molar-refractivity contribution in [3.05, 3.63) is 30.3 Å². The Kier molecular flexibility index (Phi) is 14.2. The van der Waals surface area contributed by atoms with E-state index in [1.807, 2.05) is 27.0 Å². The van der Waals surface area contributed by atoms with Crippen LogP contribution in [0.2, 0.25) is 0 Å². The lowest BCUT2D eigenvalue weighted by atomic mass is 10.2. The Bertz CT molecular complexity index is 197. The van der Waals surface area contributed by atoms with Crippen molar-refractivity contribution in [3.63, 3.8) is 0 Å². The van der Waals surface area contributed by atoms with Gasteiger partial charge in [0, 0.05) is 0 Å². The van der Waals surface area contributed by atoms with Crippen LogP contribution in [0.5, 0.6) is 5.75 Å². The zero-order valence-corrected chi connectivity index (χ0v) is 10.6. The maximum Gasteiger partial charge on any atom is 0.115 e. The average Bonchev–Trinajstić information content (AvgIpc) is 2.22. The molecule has 0 unspecified atom stereocenters. The molecule has 2 heteroatoms. The number of hydrogen-bond donors (Lipinski definition) is 2. The van der Waals surface area contributed by atoms with Crippen LogP contribution < -0.4 is 5.32 Å². The summed E-state index contributed by atoms with van der Waals surface area (Å²) >= 11 is 0. The van der Waals surface area contributed by atoms with E-state index in [2.05, 4.69) is 19.2 Å². The molecule has 0 heterocycles. The second-order valence-corrected chi connectivity index (χ2v) is 3.29. The van der Waals surface area contributed by atoms with Gasteiger partial charge in [0.15, 0.2) is 0 Å². The molecule has 0 amide bonds. The second kappa shape index (κ2) is 13.0. The first kappa shape index (κ1) is 16.4. The number of hydrogen-bond acceptors (Lipinski definition) is 2. The van der Waals surface area contributed by atoms with Crippen LogP contribution in [0.4, 0.5) is 0 Å². The molecule has 88 valence electrons. The van der Waals surface area contributed by atoms with Gasteiger partial charge in [-0.3, -0.25) is 0 Å². The zero-order valence-electron chi connectivity index (χ0n) is 10.6. The monoisotopic (exact) mass is 211 g/mol. The Hall–Kier alpha value is -1.02. The fourth-order valence-electron chi connectivity index (χ4n) is 0.836. The van der Waals surface area contributed by atoms with Crippen LogP contribution in [0.3, 0.4) is 0 Å². The van der Waals surface area contributed by atoms with Crippen LogP contribution >= 0.6 is 0 Å². The van der Waals surface area contributed by atoms with Crippen LogP contribution in [0, 0.1) is 5.92 Å². The standard InChI is InChI=1S/C6H6O.C5H13N.C2H6/c7-6-4-2-1-3-5-6;1-5(2)4-6-3;1-2/h1-5,7H;5-6H,4H2,1-3H3;1-2H3. The summed E-state index contributed by atoms with van der Waals surface area (Å²) in [7, 11) is 1.97. The quantitative estimate of drug-likeness (QED) is 0.787. The third kappa shape index (κ3) is 15.7. The molecule has 0 fully saturated rings. The first-order chi connectivity index (χ1) is 7.16. The van der Waals surface area contributed by atoms with Crippen molar-refractivity contribution >= 4 is 0 Å². The van der Waals surface area contributed by atoms with Crippen LogP contribution in [-0.2, 0) is 0 Å². The highest BCUT2D eigenvalue weighted by atomic mass is 16.3. The summed E-state index contributed by atoms with van der Waals surface area (Å²) in [5.74, 6) is 1.11. The summed E-state index contributed by atoms with van der Waals surface area (Å²) in [6.45, 7) is 9.51. The van der Waals surface area contributed by atoms with Crippen LogP contribution in [0.1, 0.15) is 27.7 Å². The SMILES string of the molecule is CC.CNCC(C)C.Oc1ccccc1. The first-order valence-electron chi connectivity index (χ1n) is 5.55. The molecule has 0 atom stereocenters.